The number of amides is 1. The van der Waals surface area contributed by atoms with E-state index < -0.39 is 5.60 Å². The number of furan rings is 1. The molecule has 0 unspecified atom stereocenters. The molecule has 2 aromatic rings. The van der Waals surface area contributed by atoms with Gasteiger partial charge < -0.3 is 14.8 Å². The number of nitrogens with one attached hydrogen (secondary N) is 1. The van der Waals surface area contributed by atoms with Crippen LogP contribution >= 0.6 is 15.9 Å². The standard InChI is InChI=1S/C15H16BrNO3/c16-11-5-3-4-10-8-12(20-13(10)11)14(18)17-9-15(19)6-1-2-7-15/h3-5,8,19H,1-2,6-7,9H2,(H,17,18). The molecule has 0 bridgehead atoms. The molecule has 0 aliphatic heterocycles. The second-order valence-electron chi connectivity index (χ2n) is 5.38. The van der Waals surface area contributed by atoms with Crippen molar-refractivity contribution < 1.29 is 14.3 Å². The fourth-order valence-electron chi connectivity index (χ4n) is 2.68. The summed E-state index contributed by atoms with van der Waals surface area (Å²) < 4.78 is 6.39. The van der Waals surface area contributed by atoms with Crippen LogP contribution in [0.3, 0.4) is 0 Å². The summed E-state index contributed by atoms with van der Waals surface area (Å²) in [5.74, 6) is -0.0121. The van der Waals surface area contributed by atoms with Gasteiger partial charge in [0.25, 0.3) is 5.91 Å². The van der Waals surface area contributed by atoms with Crippen molar-refractivity contribution in [2.45, 2.75) is 31.3 Å². The second kappa shape index (κ2) is 5.22. The van der Waals surface area contributed by atoms with Gasteiger partial charge in [-0.1, -0.05) is 25.0 Å². The SMILES string of the molecule is O=C(NCC1(O)CCCC1)c1cc2cccc(Br)c2o1. The normalized spacial score (nSPS) is 17.5. The molecule has 1 heterocycles. The number of benzene rings is 1. The largest absolute Gasteiger partial charge is 0.450 e. The number of aliphatic hydroxyl groups is 1. The number of rotatable bonds is 3. The Balaban J connectivity index is 1.74. The second-order valence-corrected chi connectivity index (χ2v) is 6.24. The molecule has 1 aromatic heterocycles. The summed E-state index contributed by atoms with van der Waals surface area (Å²) in [6, 6.07) is 7.37. The maximum Gasteiger partial charge on any atom is 0.287 e. The first-order chi connectivity index (χ1) is 9.57. The van der Waals surface area contributed by atoms with Gasteiger partial charge in [-0.2, -0.15) is 0 Å². The van der Waals surface area contributed by atoms with E-state index in [4.69, 9.17) is 4.42 Å². The van der Waals surface area contributed by atoms with E-state index in [1.54, 1.807) is 6.07 Å². The zero-order valence-corrected chi connectivity index (χ0v) is 12.6. The third kappa shape index (κ3) is 2.60. The lowest BCUT2D eigenvalue weighted by Crippen LogP contribution is -2.40. The van der Waals surface area contributed by atoms with Gasteiger partial charge >= 0.3 is 0 Å². The highest BCUT2D eigenvalue weighted by molar-refractivity contribution is 9.10. The van der Waals surface area contributed by atoms with Crippen molar-refractivity contribution >= 4 is 32.8 Å². The Morgan fingerprint density at radius 2 is 2.15 bits per heavy atom. The van der Waals surface area contributed by atoms with Crippen LogP contribution in [0, 0.1) is 0 Å². The van der Waals surface area contributed by atoms with Crippen LogP contribution in [-0.4, -0.2) is 23.2 Å². The highest BCUT2D eigenvalue weighted by Gasteiger charge is 2.31. The summed E-state index contributed by atoms with van der Waals surface area (Å²) in [6.45, 7) is 0.282. The fourth-order valence-corrected chi connectivity index (χ4v) is 3.14. The predicted molar refractivity (Wildman–Crippen MR) is 79.7 cm³/mol. The molecule has 3 rings (SSSR count). The Kier molecular flexibility index (Phi) is 3.56. The summed E-state index contributed by atoms with van der Waals surface area (Å²) in [4.78, 5) is 12.1. The van der Waals surface area contributed by atoms with Crippen molar-refractivity contribution in [3.63, 3.8) is 0 Å². The number of hydrogen-bond acceptors (Lipinski definition) is 3. The number of halogens is 1. The van der Waals surface area contributed by atoms with E-state index in [-0.39, 0.29) is 18.2 Å². The van der Waals surface area contributed by atoms with Gasteiger partial charge in [0.05, 0.1) is 10.1 Å². The van der Waals surface area contributed by atoms with Crippen LogP contribution in [0.4, 0.5) is 0 Å². The van der Waals surface area contributed by atoms with Crippen molar-refractivity contribution in [1.29, 1.82) is 0 Å². The molecular formula is C15H16BrNO3. The summed E-state index contributed by atoms with van der Waals surface area (Å²) in [7, 11) is 0. The van der Waals surface area contributed by atoms with Crippen LogP contribution in [0.1, 0.15) is 36.2 Å². The molecule has 5 heteroatoms. The molecule has 0 spiro atoms. The number of hydrogen-bond donors (Lipinski definition) is 2. The Labute approximate surface area is 125 Å². The molecule has 1 amide bonds. The number of carbonyl (C=O) groups excluding carboxylic acids is 1. The molecule has 1 saturated carbocycles. The molecule has 4 nitrogen and oxygen atoms in total. The topological polar surface area (TPSA) is 62.5 Å². The maximum absolute atomic E-state index is 12.1. The number of para-hydroxylation sites is 1. The average molecular weight is 338 g/mol. The van der Waals surface area contributed by atoms with Gasteiger partial charge in [0, 0.05) is 11.9 Å². The van der Waals surface area contributed by atoms with Crippen LogP contribution in [0.5, 0.6) is 0 Å². The minimum absolute atomic E-state index is 0.272. The maximum atomic E-state index is 12.1. The third-order valence-electron chi connectivity index (χ3n) is 3.83. The minimum Gasteiger partial charge on any atom is -0.450 e. The van der Waals surface area contributed by atoms with Gasteiger partial charge in [0.15, 0.2) is 5.76 Å². The lowest BCUT2D eigenvalue weighted by molar-refractivity contribution is 0.0444. The zero-order chi connectivity index (χ0) is 14.2. The predicted octanol–water partition coefficient (Wildman–Crippen LogP) is 3.23. The summed E-state index contributed by atoms with van der Waals surface area (Å²) in [6.07, 6.45) is 3.53. The van der Waals surface area contributed by atoms with Crippen LogP contribution < -0.4 is 5.32 Å². The van der Waals surface area contributed by atoms with Crippen molar-refractivity contribution in [1.82, 2.24) is 5.32 Å². The quantitative estimate of drug-likeness (QED) is 0.903. The zero-order valence-electron chi connectivity index (χ0n) is 11.0. The smallest absolute Gasteiger partial charge is 0.287 e. The van der Waals surface area contributed by atoms with Gasteiger partial charge in [0.1, 0.15) is 5.58 Å². The highest BCUT2D eigenvalue weighted by Crippen LogP contribution is 2.29. The molecule has 1 aliphatic rings. The molecule has 106 valence electrons. The molecular weight excluding hydrogens is 322 g/mol. The van der Waals surface area contributed by atoms with Crippen molar-refractivity contribution in [2.75, 3.05) is 6.54 Å². The van der Waals surface area contributed by atoms with Gasteiger partial charge in [-0.3, -0.25) is 4.79 Å². The highest BCUT2D eigenvalue weighted by atomic mass is 79.9. The first kappa shape index (κ1) is 13.6. The molecule has 1 aromatic carbocycles. The van der Waals surface area contributed by atoms with E-state index >= 15 is 0 Å². The van der Waals surface area contributed by atoms with Crippen LogP contribution in [-0.2, 0) is 0 Å². The van der Waals surface area contributed by atoms with E-state index in [9.17, 15) is 9.90 Å². The third-order valence-corrected chi connectivity index (χ3v) is 4.46. The van der Waals surface area contributed by atoms with Crippen LogP contribution in [0.15, 0.2) is 33.2 Å². The van der Waals surface area contributed by atoms with E-state index in [2.05, 4.69) is 21.2 Å². The first-order valence-corrected chi connectivity index (χ1v) is 7.55. The molecule has 20 heavy (non-hydrogen) atoms. The van der Waals surface area contributed by atoms with E-state index in [1.807, 2.05) is 18.2 Å². The van der Waals surface area contributed by atoms with E-state index in [0.29, 0.717) is 5.58 Å². The minimum atomic E-state index is -0.748. The Bertz CT molecular complexity index is 644. The number of carbonyl (C=O) groups is 1. The van der Waals surface area contributed by atoms with Crippen molar-refractivity contribution in [3.8, 4) is 0 Å². The number of fused-ring (bicyclic) bond motifs is 1. The lowest BCUT2D eigenvalue weighted by Gasteiger charge is -2.21. The molecule has 2 N–H and O–H groups in total. The van der Waals surface area contributed by atoms with E-state index in [0.717, 1.165) is 35.5 Å². The molecule has 0 radical (unpaired) electrons. The Hall–Kier alpha value is -1.33. The summed E-state index contributed by atoms with van der Waals surface area (Å²) in [5.41, 5.74) is -0.0837. The van der Waals surface area contributed by atoms with Gasteiger partial charge in [-0.05, 0) is 40.9 Å². The average Bonchev–Trinajstić information content (AvgIpc) is 3.04. The monoisotopic (exact) mass is 337 g/mol. The van der Waals surface area contributed by atoms with Gasteiger partial charge in [0.2, 0.25) is 0 Å². The van der Waals surface area contributed by atoms with Crippen molar-refractivity contribution in [2.24, 2.45) is 0 Å². The van der Waals surface area contributed by atoms with Crippen LogP contribution in [0.25, 0.3) is 11.0 Å². The fraction of sp³-hybridized carbons (Fsp3) is 0.400. The molecule has 1 fully saturated rings. The van der Waals surface area contributed by atoms with Gasteiger partial charge in [-0.15, -0.1) is 0 Å². The van der Waals surface area contributed by atoms with Crippen molar-refractivity contribution in [3.05, 3.63) is 34.5 Å². The first-order valence-electron chi connectivity index (χ1n) is 6.76. The van der Waals surface area contributed by atoms with Gasteiger partial charge in [-0.25, -0.2) is 0 Å². The van der Waals surface area contributed by atoms with Crippen LogP contribution in [0.2, 0.25) is 0 Å². The lowest BCUT2D eigenvalue weighted by atomic mass is 10.0. The summed E-state index contributed by atoms with van der Waals surface area (Å²) >= 11 is 3.40. The molecule has 1 aliphatic carbocycles. The summed E-state index contributed by atoms with van der Waals surface area (Å²) in [5, 5.41) is 13.9. The molecule has 0 atom stereocenters. The molecule has 0 saturated heterocycles. The van der Waals surface area contributed by atoms with E-state index in [1.165, 1.54) is 0 Å². The Morgan fingerprint density at radius 1 is 1.40 bits per heavy atom. The Morgan fingerprint density at radius 3 is 2.85 bits per heavy atom.